The number of benzene rings is 2. The second kappa shape index (κ2) is 12.7. The molecule has 0 amide bonds. The fourth-order valence-electron chi connectivity index (χ4n) is 2.35. The molecule has 11 heteroatoms. The minimum atomic E-state index is -1.50. The summed E-state index contributed by atoms with van der Waals surface area (Å²) in [6.45, 7) is 1.14. The Kier molecular flexibility index (Phi) is 10.3. The van der Waals surface area contributed by atoms with Crippen LogP contribution in [0.3, 0.4) is 0 Å². The molecule has 1 heterocycles. The maximum atomic E-state index is 8.36. The van der Waals surface area contributed by atoms with E-state index in [1.54, 1.807) is 30.4 Å². The van der Waals surface area contributed by atoms with Crippen molar-refractivity contribution >= 4 is 46.6 Å². The molecule has 1 N–H and O–H groups in total. The van der Waals surface area contributed by atoms with Crippen LogP contribution in [-0.4, -0.2) is 31.7 Å². The molecule has 0 saturated heterocycles. The number of rotatable bonds is 8. The normalized spacial score (nSPS) is 11.4. The molecule has 0 fully saturated rings. The number of imidazole rings is 1. The van der Waals surface area contributed by atoms with Gasteiger partial charge in [-0.25, -0.2) is 4.98 Å². The summed E-state index contributed by atoms with van der Waals surface area (Å²) in [5.74, 6) is 0.797. The lowest BCUT2D eigenvalue weighted by atomic mass is 10.2. The summed E-state index contributed by atoms with van der Waals surface area (Å²) in [7, 11) is 0. The van der Waals surface area contributed by atoms with Gasteiger partial charge in [-0.05, 0) is 42.0 Å². The van der Waals surface area contributed by atoms with Crippen molar-refractivity contribution < 1.29 is 15.0 Å². The van der Waals surface area contributed by atoms with Crippen LogP contribution in [0.1, 0.15) is 5.56 Å². The van der Waals surface area contributed by atoms with Gasteiger partial charge < -0.3 is 14.5 Å². The Labute approximate surface area is 192 Å². The molecule has 7 nitrogen and oxygen atoms in total. The van der Waals surface area contributed by atoms with Crippen molar-refractivity contribution in [3.63, 3.8) is 0 Å². The van der Waals surface area contributed by atoms with Crippen LogP contribution in [0.4, 0.5) is 0 Å². The summed E-state index contributed by atoms with van der Waals surface area (Å²) in [4.78, 5) is 13.6. The van der Waals surface area contributed by atoms with Crippen LogP contribution < -0.4 is 0 Å². The lowest BCUT2D eigenvalue weighted by molar-refractivity contribution is -0.742. The largest absolute Gasteiger partial charge is 0.371 e. The molecule has 0 bridgehead atoms. The van der Waals surface area contributed by atoms with Crippen molar-refractivity contribution in [2.45, 2.75) is 24.2 Å². The van der Waals surface area contributed by atoms with Crippen LogP contribution in [0, 0.1) is 10.1 Å². The van der Waals surface area contributed by atoms with Gasteiger partial charge in [0.05, 0.1) is 25.6 Å². The van der Waals surface area contributed by atoms with Gasteiger partial charge >= 0.3 is 0 Å². The summed E-state index contributed by atoms with van der Waals surface area (Å²) in [6, 6.07) is 13.3. The van der Waals surface area contributed by atoms with E-state index in [1.807, 2.05) is 47.2 Å². The van der Waals surface area contributed by atoms with E-state index in [4.69, 9.17) is 54.9 Å². The molecule has 30 heavy (non-hydrogen) atoms. The highest BCUT2D eigenvalue weighted by Crippen LogP contribution is 2.25. The molecular weight excluding hydrogens is 473 g/mol. The van der Waals surface area contributed by atoms with Gasteiger partial charge in [-0.1, -0.05) is 40.9 Å². The van der Waals surface area contributed by atoms with Crippen molar-refractivity contribution in [3.05, 3.63) is 91.9 Å². The van der Waals surface area contributed by atoms with Crippen molar-refractivity contribution in [2.24, 2.45) is 0 Å². The third kappa shape index (κ3) is 9.23. The van der Waals surface area contributed by atoms with Gasteiger partial charge in [0, 0.05) is 38.1 Å². The van der Waals surface area contributed by atoms with Gasteiger partial charge in [0.2, 0.25) is 0 Å². The molecule has 0 aliphatic carbocycles. The van der Waals surface area contributed by atoms with Crippen LogP contribution in [0.5, 0.6) is 0 Å². The van der Waals surface area contributed by atoms with Gasteiger partial charge in [0.15, 0.2) is 0 Å². The smallest absolute Gasteiger partial charge is 0.291 e. The van der Waals surface area contributed by atoms with Gasteiger partial charge in [-0.2, -0.15) is 0 Å². The number of aromatic nitrogens is 2. The second-order valence-corrected chi connectivity index (χ2v) is 8.30. The molecular formula is C19H18Cl3N3O4S. The Morgan fingerprint density at radius 2 is 1.83 bits per heavy atom. The van der Waals surface area contributed by atoms with Crippen LogP contribution in [-0.2, 0) is 17.9 Å². The molecule has 1 atom stereocenters. The molecule has 1 aromatic heterocycles. The van der Waals surface area contributed by atoms with Crippen molar-refractivity contribution in [1.29, 1.82) is 0 Å². The Balaban J connectivity index is 0.000000735. The Morgan fingerprint density at radius 1 is 1.17 bits per heavy atom. The number of ether oxygens (including phenoxy) is 1. The minimum Gasteiger partial charge on any atom is -0.371 e. The maximum absolute atomic E-state index is 8.36. The predicted octanol–water partition coefficient (Wildman–Crippen LogP) is 5.87. The molecule has 0 aliphatic heterocycles. The Bertz CT molecular complexity index is 923. The number of nitrogens with zero attached hydrogens (tertiary/aromatic N) is 3. The third-order valence-corrected chi connectivity index (χ3v) is 5.70. The predicted molar refractivity (Wildman–Crippen MR) is 118 cm³/mol. The highest BCUT2D eigenvalue weighted by atomic mass is 35.5. The number of halogens is 3. The lowest BCUT2D eigenvalue weighted by Crippen LogP contribution is -2.22. The van der Waals surface area contributed by atoms with E-state index in [0.717, 1.165) is 21.2 Å². The summed E-state index contributed by atoms with van der Waals surface area (Å²) in [6.07, 6.45) is 5.48. The summed E-state index contributed by atoms with van der Waals surface area (Å²) in [5.41, 5.74) is 0.920. The first-order valence-electron chi connectivity index (χ1n) is 8.56. The second-order valence-electron chi connectivity index (χ2n) is 5.93. The van der Waals surface area contributed by atoms with E-state index in [-0.39, 0.29) is 6.10 Å². The molecule has 0 spiro atoms. The standard InChI is InChI=1S/C19H17Cl3N2OS.HNO3/c20-15-3-5-18(6-4-15)26-12-17(10-24-8-7-23-13-24)25-11-14-1-2-16(21)9-19(14)22;2-1(3)4/h1-9,13,17H,10-12H2;(H,2,3,4). The summed E-state index contributed by atoms with van der Waals surface area (Å²) < 4.78 is 8.16. The average Bonchev–Trinajstić information content (AvgIpc) is 3.19. The summed E-state index contributed by atoms with van der Waals surface area (Å²) >= 11 is 19.9. The van der Waals surface area contributed by atoms with Gasteiger partial charge in [0.25, 0.3) is 5.09 Å². The van der Waals surface area contributed by atoms with Crippen LogP contribution in [0.25, 0.3) is 0 Å². The first kappa shape index (κ1) is 24.3. The fourth-order valence-corrected chi connectivity index (χ4v) is 3.85. The molecule has 1 unspecified atom stereocenters. The minimum absolute atomic E-state index is 0.00313. The zero-order valence-corrected chi connectivity index (χ0v) is 18.6. The van der Waals surface area contributed by atoms with Crippen molar-refractivity contribution in [1.82, 2.24) is 9.55 Å². The summed E-state index contributed by atoms with van der Waals surface area (Å²) in [5, 5.41) is 15.6. The Hall–Kier alpha value is -1.97. The zero-order valence-electron chi connectivity index (χ0n) is 15.5. The van der Waals surface area contributed by atoms with Gasteiger partial charge in [-0.3, -0.25) is 0 Å². The SMILES string of the molecule is Clc1ccc(SCC(Cn2ccnc2)OCc2ccc(Cl)cc2Cl)cc1.O=[N+]([O-])O. The van der Waals surface area contributed by atoms with E-state index >= 15 is 0 Å². The molecule has 0 aliphatic rings. The van der Waals surface area contributed by atoms with Gasteiger partial charge in [0.1, 0.15) is 0 Å². The van der Waals surface area contributed by atoms with E-state index in [2.05, 4.69) is 4.98 Å². The molecule has 2 aromatic carbocycles. The Morgan fingerprint density at radius 3 is 2.43 bits per heavy atom. The maximum Gasteiger partial charge on any atom is 0.291 e. The number of thioether (sulfide) groups is 1. The first-order valence-corrected chi connectivity index (χ1v) is 10.7. The van der Waals surface area contributed by atoms with Crippen LogP contribution in [0.15, 0.2) is 66.1 Å². The lowest BCUT2D eigenvalue weighted by Gasteiger charge is -2.19. The fraction of sp³-hybridized carbons (Fsp3) is 0.211. The molecule has 160 valence electrons. The molecule has 3 aromatic rings. The average molecular weight is 491 g/mol. The van der Waals surface area contributed by atoms with Crippen molar-refractivity contribution in [2.75, 3.05) is 5.75 Å². The number of hydrogen-bond donors (Lipinski definition) is 1. The van der Waals surface area contributed by atoms with E-state index < -0.39 is 5.09 Å². The molecule has 0 radical (unpaired) electrons. The van der Waals surface area contributed by atoms with Crippen LogP contribution >= 0.6 is 46.6 Å². The molecule has 3 rings (SSSR count). The quantitative estimate of drug-likeness (QED) is 0.241. The van der Waals surface area contributed by atoms with E-state index in [9.17, 15) is 0 Å². The first-order chi connectivity index (χ1) is 14.3. The van der Waals surface area contributed by atoms with E-state index in [0.29, 0.717) is 23.2 Å². The van der Waals surface area contributed by atoms with Gasteiger partial charge in [-0.15, -0.1) is 21.9 Å². The monoisotopic (exact) mass is 489 g/mol. The number of hydrogen-bond acceptors (Lipinski definition) is 5. The van der Waals surface area contributed by atoms with E-state index in [1.165, 1.54) is 0 Å². The third-order valence-electron chi connectivity index (χ3n) is 3.71. The molecule has 0 saturated carbocycles. The highest BCUT2D eigenvalue weighted by molar-refractivity contribution is 7.99. The van der Waals surface area contributed by atoms with Crippen LogP contribution in [0.2, 0.25) is 15.1 Å². The topological polar surface area (TPSA) is 90.4 Å². The zero-order chi connectivity index (χ0) is 21.9. The highest BCUT2D eigenvalue weighted by Gasteiger charge is 2.13. The van der Waals surface area contributed by atoms with Crippen molar-refractivity contribution in [3.8, 4) is 0 Å².